The van der Waals surface area contributed by atoms with Crippen LogP contribution < -0.4 is 0 Å². The highest BCUT2D eigenvalue weighted by Crippen LogP contribution is 1.88. The van der Waals surface area contributed by atoms with E-state index in [-0.39, 0.29) is 12.2 Å². The first-order valence-corrected chi connectivity index (χ1v) is 2.28. The van der Waals surface area contributed by atoms with E-state index in [0.29, 0.717) is 0 Å². The maximum Gasteiger partial charge on any atom is 0.332 e. The Kier molecular flexibility index (Phi) is 3.19. The van der Waals surface area contributed by atoms with Crippen molar-refractivity contribution in [3.05, 3.63) is 0 Å². The molecule has 46 valence electrons. The molecule has 0 aliphatic heterocycles. The fraction of sp³-hybridized carbons (Fsp3) is 0.500. The molecular formula is C4H5ClO3. The van der Waals surface area contributed by atoms with Crippen molar-refractivity contribution in [3.63, 3.8) is 0 Å². The summed E-state index contributed by atoms with van der Waals surface area (Å²) in [5, 5.41) is 0. The van der Waals surface area contributed by atoms with Gasteiger partial charge in [0.25, 0.3) is 0 Å². The highest BCUT2D eigenvalue weighted by molar-refractivity contribution is 6.14. The Hall–Kier alpha value is -0.570. The summed E-state index contributed by atoms with van der Waals surface area (Å²) in [6.45, 7) is 1.29. The molecule has 0 bridgehead atoms. The van der Waals surface area contributed by atoms with Crippen LogP contribution in [0.1, 0.15) is 13.3 Å². The van der Waals surface area contributed by atoms with Crippen LogP contribution >= 0.6 is 11.9 Å². The minimum atomic E-state index is -0.709. The van der Waals surface area contributed by atoms with Gasteiger partial charge in [0, 0.05) is 0 Å². The van der Waals surface area contributed by atoms with Crippen LogP contribution in [0.2, 0.25) is 0 Å². The van der Waals surface area contributed by atoms with Crippen molar-refractivity contribution >= 4 is 23.6 Å². The molecule has 0 atom stereocenters. The third-order valence-electron chi connectivity index (χ3n) is 0.479. The van der Waals surface area contributed by atoms with Gasteiger partial charge in [-0.15, -0.1) is 0 Å². The number of carbonyl (C=O) groups is 2. The number of hydrogen-bond donors (Lipinski definition) is 0. The Morgan fingerprint density at radius 2 is 2.12 bits per heavy atom. The monoisotopic (exact) mass is 136 g/mol. The molecule has 0 aliphatic rings. The second-order valence-corrected chi connectivity index (χ2v) is 1.48. The maximum absolute atomic E-state index is 10.1. The summed E-state index contributed by atoms with van der Waals surface area (Å²) in [6, 6.07) is 0. The zero-order valence-electron chi connectivity index (χ0n) is 4.31. The summed E-state index contributed by atoms with van der Waals surface area (Å²) in [6.07, 6.45) is -0.247. The summed E-state index contributed by atoms with van der Waals surface area (Å²) in [5.74, 6) is -0.963. The maximum atomic E-state index is 10.1. The van der Waals surface area contributed by atoms with Crippen LogP contribution in [0, 0.1) is 0 Å². The highest BCUT2D eigenvalue weighted by Gasteiger charge is 2.03. The Morgan fingerprint density at radius 1 is 1.62 bits per heavy atom. The van der Waals surface area contributed by atoms with Gasteiger partial charge in [-0.2, -0.15) is 0 Å². The Morgan fingerprint density at radius 3 is 2.25 bits per heavy atom. The summed E-state index contributed by atoms with van der Waals surface area (Å²) in [5.41, 5.74) is 0. The number of Topliss-reactive ketones (excluding diaryl/α,β-unsaturated/α-hetero) is 1. The van der Waals surface area contributed by atoms with Gasteiger partial charge in [-0.05, 0) is 6.92 Å². The van der Waals surface area contributed by atoms with Crippen molar-refractivity contribution in [1.29, 1.82) is 0 Å². The minimum absolute atomic E-state index is 0.247. The molecule has 4 heteroatoms. The normalized spacial score (nSPS) is 8.25. The van der Waals surface area contributed by atoms with Crippen molar-refractivity contribution in [2.75, 3.05) is 0 Å². The first kappa shape index (κ1) is 7.43. The molecule has 0 saturated heterocycles. The van der Waals surface area contributed by atoms with Crippen LogP contribution in [0.5, 0.6) is 0 Å². The van der Waals surface area contributed by atoms with Gasteiger partial charge in [0.1, 0.15) is 24.1 Å². The molecule has 0 radical (unpaired) electrons. The van der Waals surface area contributed by atoms with E-state index >= 15 is 0 Å². The van der Waals surface area contributed by atoms with Crippen LogP contribution in [-0.4, -0.2) is 11.8 Å². The lowest BCUT2D eigenvalue weighted by molar-refractivity contribution is -0.137. The first-order valence-electron chi connectivity index (χ1n) is 1.97. The predicted molar refractivity (Wildman–Crippen MR) is 27.2 cm³/mol. The lowest BCUT2D eigenvalue weighted by Crippen LogP contribution is -2.02. The van der Waals surface area contributed by atoms with E-state index in [2.05, 4.69) is 16.2 Å². The van der Waals surface area contributed by atoms with Gasteiger partial charge < -0.3 is 4.29 Å². The van der Waals surface area contributed by atoms with E-state index in [9.17, 15) is 9.59 Å². The third-order valence-corrected chi connectivity index (χ3v) is 0.651. The lowest BCUT2D eigenvalue weighted by Gasteiger charge is -1.86. The number of carbonyl (C=O) groups excluding carboxylic acids is 2. The summed E-state index contributed by atoms with van der Waals surface area (Å²) >= 11 is 4.59. The van der Waals surface area contributed by atoms with Gasteiger partial charge in [0.15, 0.2) is 0 Å². The summed E-state index contributed by atoms with van der Waals surface area (Å²) < 4.78 is 3.67. The predicted octanol–water partition coefficient (Wildman–Crippen LogP) is 0.662. The Labute approximate surface area is 51.7 Å². The molecule has 0 aromatic rings. The molecule has 0 aliphatic carbocycles. The van der Waals surface area contributed by atoms with Crippen LogP contribution in [-0.2, 0) is 13.9 Å². The van der Waals surface area contributed by atoms with E-state index in [0.717, 1.165) is 0 Å². The Balaban J connectivity index is 3.40. The number of rotatable bonds is 2. The average Bonchev–Trinajstić information content (AvgIpc) is 1.65. The van der Waals surface area contributed by atoms with Crippen LogP contribution in [0.15, 0.2) is 0 Å². The van der Waals surface area contributed by atoms with Gasteiger partial charge in [-0.3, -0.25) is 9.59 Å². The Bertz CT molecular complexity index is 110. The minimum Gasteiger partial charge on any atom is -0.347 e. The first-order chi connectivity index (χ1) is 3.66. The zero-order valence-corrected chi connectivity index (χ0v) is 5.07. The van der Waals surface area contributed by atoms with E-state index in [1.165, 1.54) is 6.92 Å². The fourth-order valence-electron chi connectivity index (χ4n) is 0.231. The van der Waals surface area contributed by atoms with Crippen molar-refractivity contribution in [3.8, 4) is 0 Å². The molecule has 0 amide bonds. The molecule has 3 nitrogen and oxygen atoms in total. The van der Waals surface area contributed by atoms with Crippen LogP contribution in [0.25, 0.3) is 0 Å². The molecule has 0 unspecified atom stereocenters. The van der Waals surface area contributed by atoms with Gasteiger partial charge in [-0.1, -0.05) is 0 Å². The molecular weight excluding hydrogens is 131 g/mol. The van der Waals surface area contributed by atoms with Crippen molar-refractivity contribution in [1.82, 2.24) is 0 Å². The topological polar surface area (TPSA) is 43.4 Å². The molecule has 0 N–H and O–H groups in total. The second kappa shape index (κ2) is 3.43. The zero-order chi connectivity index (χ0) is 6.57. The molecule has 0 saturated carbocycles. The van der Waals surface area contributed by atoms with Crippen molar-refractivity contribution in [2.24, 2.45) is 0 Å². The molecule has 0 aromatic carbocycles. The van der Waals surface area contributed by atoms with E-state index in [4.69, 9.17) is 0 Å². The van der Waals surface area contributed by atoms with Gasteiger partial charge >= 0.3 is 5.97 Å². The highest BCUT2D eigenvalue weighted by atomic mass is 35.5. The summed E-state index contributed by atoms with van der Waals surface area (Å²) in [7, 11) is 0. The van der Waals surface area contributed by atoms with E-state index in [1.807, 2.05) is 0 Å². The standard InChI is InChI=1S/C4H5ClO3/c1-3(6)2-4(7)8-5/h2H2,1H3. The molecule has 0 spiro atoms. The van der Waals surface area contributed by atoms with Crippen LogP contribution in [0.3, 0.4) is 0 Å². The van der Waals surface area contributed by atoms with E-state index < -0.39 is 5.97 Å². The second-order valence-electron chi connectivity index (χ2n) is 1.33. The van der Waals surface area contributed by atoms with Crippen LogP contribution in [0.4, 0.5) is 0 Å². The number of hydrogen-bond acceptors (Lipinski definition) is 3. The number of ketones is 1. The van der Waals surface area contributed by atoms with Crippen molar-refractivity contribution < 1.29 is 13.9 Å². The van der Waals surface area contributed by atoms with Gasteiger partial charge in [-0.25, -0.2) is 0 Å². The average molecular weight is 137 g/mol. The smallest absolute Gasteiger partial charge is 0.332 e. The molecule has 0 aromatic heterocycles. The summed E-state index contributed by atoms with van der Waals surface area (Å²) in [4.78, 5) is 20.1. The lowest BCUT2D eigenvalue weighted by atomic mass is 10.3. The van der Waals surface area contributed by atoms with E-state index in [1.54, 1.807) is 0 Å². The molecule has 0 rings (SSSR count). The largest absolute Gasteiger partial charge is 0.347 e. The SMILES string of the molecule is CC(=O)CC(=O)OCl. The molecule has 0 heterocycles. The fourth-order valence-corrected chi connectivity index (χ4v) is 0.285. The van der Waals surface area contributed by atoms with Gasteiger partial charge in [0.05, 0.1) is 0 Å². The third kappa shape index (κ3) is 3.61. The van der Waals surface area contributed by atoms with Crippen molar-refractivity contribution in [2.45, 2.75) is 13.3 Å². The van der Waals surface area contributed by atoms with Gasteiger partial charge in [0.2, 0.25) is 0 Å². The quantitative estimate of drug-likeness (QED) is 0.524. The molecule has 8 heavy (non-hydrogen) atoms. The molecule has 0 fully saturated rings. The number of halogens is 1.